The number of ether oxygens (including phenoxy) is 1. The van der Waals surface area contributed by atoms with Gasteiger partial charge in [0.25, 0.3) is 0 Å². The Kier molecular flexibility index (Phi) is 11.5. The molecule has 0 aromatic heterocycles. The minimum Gasteiger partial charge on any atom is -0.475 e. The van der Waals surface area contributed by atoms with E-state index >= 15 is 0 Å². The van der Waals surface area contributed by atoms with Crippen molar-refractivity contribution in [3.8, 4) is 11.1 Å². The molecule has 0 bridgehead atoms. The van der Waals surface area contributed by atoms with E-state index in [1.165, 1.54) is 23.4 Å². The Balaban J connectivity index is 0.000000705. The van der Waals surface area contributed by atoms with Crippen LogP contribution in [0.25, 0.3) is 11.1 Å². The number of carbonyl (C=O) groups excluding carboxylic acids is 3. The molecule has 2 aliphatic rings. The number of imide groups is 1. The van der Waals surface area contributed by atoms with Crippen molar-refractivity contribution >= 4 is 33.8 Å². The Hall–Kier alpha value is -5.38. The topological polar surface area (TPSA) is 150 Å². The standard InChI is InChI=1S/C36H35N3O6S.C2HF3O2/c1-38(46(43,44)29-20-18-28(19-21-29)27-16-10-5-11-17-27)24-30-31-32(34(41)39(33(31)40)23-26-14-8-4-9-15-26)36(37-30,35(42)45-2)22-25-12-6-3-7-13-25;3-2(4,5)1(6)7/h3-21,30-32,37H,22-24H2,1-2H3;(H,6,7)/t30-,31+,32-,36-;/m1./s1. The van der Waals surface area contributed by atoms with Crippen LogP contribution in [-0.2, 0) is 46.9 Å². The number of hydrogen-bond acceptors (Lipinski definition) is 8. The number of carboxylic acid groups (broad SMARTS) is 1. The fourth-order valence-electron chi connectivity index (χ4n) is 6.79. The van der Waals surface area contributed by atoms with E-state index in [2.05, 4.69) is 5.32 Å². The molecule has 0 unspecified atom stereocenters. The Morgan fingerprint density at radius 1 is 0.830 bits per heavy atom. The summed E-state index contributed by atoms with van der Waals surface area (Å²) < 4.78 is 65.8. The maximum atomic E-state index is 14.2. The summed E-state index contributed by atoms with van der Waals surface area (Å²) in [5.74, 6) is -6.46. The molecule has 11 nitrogen and oxygen atoms in total. The van der Waals surface area contributed by atoms with E-state index in [1.54, 1.807) is 24.3 Å². The number of nitrogens with one attached hydrogen (secondary N) is 1. The summed E-state index contributed by atoms with van der Waals surface area (Å²) in [7, 11) is -1.31. The van der Waals surface area contributed by atoms with Gasteiger partial charge in [-0.2, -0.15) is 17.5 Å². The van der Waals surface area contributed by atoms with Crippen LogP contribution in [0, 0.1) is 11.8 Å². The summed E-state index contributed by atoms with van der Waals surface area (Å²) in [6.45, 7) is -0.113. The van der Waals surface area contributed by atoms with Crippen LogP contribution in [0.1, 0.15) is 11.1 Å². The molecule has 6 rings (SSSR count). The van der Waals surface area contributed by atoms with Gasteiger partial charge in [-0.15, -0.1) is 0 Å². The summed E-state index contributed by atoms with van der Waals surface area (Å²) >= 11 is 0. The van der Waals surface area contributed by atoms with Gasteiger partial charge in [0.2, 0.25) is 21.8 Å². The van der Waals surface area contributed by atoms with Gasteiger partial charge in [-0.25, -0.2) is 13.2 Å². The van der Waals surface area contributed by atoms with Gasteiger partial charge in [0.15, 0.2) is 0 Å². The number of carbonyl (C=O) groups is 4. The Bertz CT molecular complexity index is 2050. The van der Waals surface area contributed by atoms with Crippen molar-refractivity contribution in [1.29, 1.82) is 0 Å². The quantitative estimate of drug-likeness (QED) is 0.176. The van der Waals surface area contributed by atoms with E-state index in [0.717, 1.165) is 22.3 Å². The van der Waals surface area contributed by atoms with Crippen molar-refractivity contribution in [3.05, 3.63) is 126 Å². The van der Waals surface area contributed by atoms with Crippen LogP contribution in [0.15, 0.2) is 120 Å². The van der Waals surface area contributed by atoms with Crippen LogP contribution in [0.5, 0.6) is 0 Å². The largest absolute Gasteiger partial charge is 0.490 e. The number of carboxylic acids is 1. The highest BCUT2D eigenvalue weighted by molar-refractivity contribution is 7.89. The average Bonchev–Trinajstić information content (AvgIpc) is 3.60. The first-order chi connectivity index (χ1) is 25.1. The predicted molar refractivity (Wildman–Crippen MR) is 186 cm³/mol. The van der Waals surface area contributed by atoms with E-state index in [-0.39, 0.29) is 24.4 Å². The van der Waals surface area contributed by atoms with Crippen molar-refractivity contribution in [1.82, 2.24) is 14.5 Å². The molecule has 0 saturated carbocycles. The molecule has 53 heavy (non-hydrogen) atoms. The molecule has 2 fully saturated rings. The molecule has 4 aromatic rings. The number of aliphatic carboxylic acids is 1. The molecule has 4 aromatic carbocycles. The van der Waals surface area contributed by atoms with Gasteiger partial charge >= 0.3 is 18.1 Å². The molecule has 278 valence electrons. The fraction of sp³-hybridized carbons (Fsp3) is 0.263. The zero-order valence-corrected chi connectivity index (χ0v) is 29.4. The number of methoxy groups -OCH3 is 1. The molecule has 15 heteroatoms. The third kappa shape index (κ3) is 8.16. The van der Waals surface area contributed by atoms with E-state index in [9.17, 15) is 36.0 Å². The maximum absolute atomic E-state index is 14.2. The van der Waals surface area contributed by atoms with Crippen molar-refractivity contribution in [2.45, 2.75) is 35.6 Å². The highest BCUT2D eigenvalue weighted by Crippen LogP contribution is 2.46. The summed E-state index contributed by atoms with van der Waals surface area (Å²) in [4.78, 5) is 52.1. The molecule has 0 aliphatic carbocycles. The van der Waals surface area contributed by atoms with Crippen molar-refractivity contribution < 1.29 is 50.6 Å². The zero-order valence-electron chi connectivity index (χ0n) is 28.6. The number of sulfonamides is 1. The molecule has 2 saturated heterocycles. The van der Waals surface area contributed by atoms with E-state index in [4.69, 9.17) is 14.6 Å². The van der Waals surface area contributed by atoms with Crippen LogP contribution >= 0.6 is 0 Å². The number of esters is 1. The van der Waals surface area contributed by atoms with Crippen molar-refractivity contribution in [2.75, 3.05) is 20.7 Å². The first-order valence-corrected chi connectivity index (χ1v) is 17.8. The third-order valence-electron chi connectivity index (χ3n) is 9.27. The molecular formula is C38H36F3N3O8S. The minimum absolute atomic E-state index is 0.0444. The van der Waals surface area contributed by atoms with Gasteiger partial charge in [0, 0.05) is 26.1 Å². The average molecular weight is 752 g/mol. The number of fused-ring (bicyclic) bond motifs is 1. The monoisotopic (exact) mass is 751 g/mol. The van der Waals surface area contributed by atoms with Gasteiger partial charge in [-0.05, 0) is 34.4 Å². The predicted octanol–water partition coefficient (Wildman–Crippen LogP) is 4.54. The van der Waals surface area contributed by atoms with E-state index < -0.39 is 63.4 Å². The number of rotatable bonds is 10. The lowest BCUT2D eigenvalue weighted by molar-refractivity contribution is -0.192. The molecule has 0 radical (unpaired) electrons. The number of hydrogen-bond donors (Lipinski definition) is 2. The van der Waals surface area contributed by atoms with Gasteiger partial charge < -0.3 is 9.84 Å². The van der Waals surface area contributed by atoms with Gasteiger partial charge in [0.05, 0.1) is 30.4 Å². The number of nitrogens with zero attached hydrogens (tertiary/aromatic N) is 2. The summed E-state index contributed by atoms with van der Waals surface area (Å²) in [5.41, 5.74) is 1.77. The van der Waals surface area contributed by atoms with Crippen LogP contribution in [0.2, 0.25) is 0 Å². The van der Waals surface area contributed by atoms with Gasteiger partial charge in [-0.3, -0.25) is 24.6 Å². The number of benzene rings is 4. The zero-order chi connectivity index (χ0) is 38.6. The number of likely N-dealkylation sites (tertiary alicyclic amines) is 1. The van der Waals surface area contributed by atoms with E-state index in [1.807, 2.05) is 91.0 Å². The van der Waals surface area contributed by atoms with Crippen molar-refractivity contribution in [2.24, 2.45) is 11.8 Å². The second-order valence-corrected chi connectivity index (χ2v) is 14.7. The number of halogens is 3. The van der Waals surface area contributed by atoms with Crippen molar-refractivity contribution in [3.63, 3.8) is 0 Å². The second kappa shape index (κ2) is 15.7. The summed E-state index contributed by atoms with van der Waals surface area (Å²) in [6.07, 6.45) is -5.01. The molecule has 4 atom stereocenters. The lowest BCUT2D eigenvalue weighted by Crippen LogP contribution is -2.59. The van der Waals surface area contributed by atoms with Crippen LogP contribution in [0.3, 0.4) is 0 Å². The molecular weight excluding hydrogens is 715 g/mol. The van der Waals surface area contributed by atoms with Gasteiger partial charge in [0.1, 0.15) is 5.54 Å². The molecule has 0 spiro atoms. The molecule has 2 N–H and O–H groups in total. The summed E-state index contributed by atoms with van der Waals surface area (Å²) in [6, 6.07) is 33.7. The van der Waals surface area contributed by atoms with Crippen LogP contribution in [0.4, 0.5) is 13.2 Å². The minimum atomic E-state index is -5.08. The smallest absolute Gasteiger partial charge is 0.475 e. The van der Waals surface area contributed by atoms with E-state index in [0.29, 0.717) is 0 Å². The summed E-state index contributed by atoms with van der Waals surface area (Å²) in [5, 5.41) is 10.4. The Labute approximate surface area is 304 Å². The normalized spacial score (nSPS) is 21.2. The fourth-order valence-corrected chi connectivity index (χ4v) is 7.99. The highest BCUT2D eigenvalue weighted by atomic mass is 32.2. The Morgan fingerprint density at radius 2 is 1.32 bits per heavy atom. The first kappa shape index (κ1) is 38.8. The third-order valence-corrected chi connectivity index (χ3v) is 11.1. The number of alkyl halides is 3. The molecule has 2 amide bonds. The second-order valence-electron chi connectivity index (χ2n) is 12.6. The SMILES string of the molecule is COC(=O)[C@]1(Cc2ccccc2)N[C@H](CN(C)S(=O)(=O)c2ccc(-c3ccccc3)cc2)[C@@H]2C(=O)N(Cc3ccccc3)C(=O)[C@@H]21.O=C(O)C(F)(F)F. The first-order valence-electron chi connectivity index (χ1n) is 16.3. The van der Waals surface area contributed by atoms with Crippen LogP contribution in [-0.4, -0.2) is 84.9 Å². The lowest BCUT2D eigenvalue weighted by Gasteiger charge is -2.33. The number of amides is 2. The Morgan fingerprint density at radius 3 is 1.83 bits per heavy atom. The maximum Gasteiger partial charge on any atom is 0.490 e. The molecule has 2 heterocycles. The van der Waals surface area contributed by atoms with Gasteiger partial charge in [-0.1, -0.05) is 103 Å². The molecule has 2 aliphatic heterocycles. The van der Waals surface area contributed by atoms with Crippen LogP contribution < -0.4 is 5.32 Å². The highest BCUT2D eigenvalue weighted by Gasteiger charge is 2.68. The number of likely N-dealkylation sites (N-methyl/N-ethyl adjacent to an activating group) is 1. The lowest BCUT2D eigenvalue weighted by atomic mass is 9.76.